The predicted octanol–water partition coefficient (Wildman–Crippen LogP) is 2.23. The number of carbonyl (C=O) groups excluding carboxylic acids is 1. The molecule has 0 radical (unpaired) electrons. The molecule has 11 heteroatoms. The minimum atomic E-state index is -2.98. The van der Waals surface area contributed by atoms with Crippen molar-refractivity contribution in [2.45, 2.75) is 26.3 Å². The number of nitrogens with zero attached hydrogens (tertiary/aromatic N) is 4. The van der Waals surface area contributed by atoms with Crippen molar-refractivity contribution in [3.8, 4) is 11.5 Å². The highest BCUT2D eigenvalue weighted by atomic mass is 32.2. The molecule has 2 saturated heterocycles. The first-order valence-corrected chi connectivity index (χ1v) is 12.8. The average molecular weight is 478 g/mol. The van der Waals surface area contributed by atoms with Gasteiger partial charge < -0.3 is 24.6 Å². The van der Waals surface area contributed by atoms with Crippen LogP contribution in [0.1, 0.15) is 23.9 Å². The van der Waals surface area contributed by atoms with E-state index in [1.165, 1.54) is 0 Å². The summed E-state index contributed by atoms with van der Waals surface area (Å²) in [4.78, 5) is 16.9. The minimum Gasteiger partial charge on any atom is -0.497 e. The summed E-state index contributed by atoms with van der Waals surface area (Å²) >= 11 is 0. The Bertz CT molecular complexity index is 1140. The molecule has 2 fully saturated rings. The second-order valence-electron chi connectivity index (χ2n) is 8.49. The van der Waals surface area contributed by atoms with Crippen LogP contribution >= 0.6 is 0 Å². The normalized spacial score (nSPS) is 20.1. The van der Waals surface area contributed by atoms with Crippen LogP contribution < -0.4 is 19.7 Å². The van der Waals surface area contributed by atoms with E-state index in [0.29, 0.717) is 49.8 Å². The molecule has 1 atom stereocenters. The van der Waals surface area contributed by atoms with E-state index in [4.69, 9.17) is 9.47 Å². The Morgan fingerprint density at radius 3 is 2.45 bits per heavy atom. The minimum absolute atomic E-state index is 0.103. The first-order chi connectivity index (χ1) is 15.7. The van der Waals surface area contributed by atoms with Crippen LogP contribution in [-0.4, -0.2) is 81.0 Å². The van der Waals surface area contributed by atoms with Gasteiger partial charge in [0.1, 0.15) is 11.5 Å². The quantitative estimate of drug-likeness (QED) is 0.704. The summed E-state index contributed by atoms with van der Waals surface area (Å²) in [6.07, 6.45) is 0.604. The lowest BCUT2D eigenvalue weighted by molar-refractivity contribution is 0.208. The number of nitrogens with one attached hydrogen (secondary N) is 1. The standard InChI is InChI=1S/C22H31N5O5S/c1-15-21(16(2)27(24-15)17-7-12-33(29,30)14-17)25-8-10-26(11-9-25)22(28)23-19-6-5-18(31-3)13-20(19)32-4/h5-6,13,17H,7-12,14H2,1-4H3,(H,23,28). The monoisotopic (exact) mass is 477 g/mol. The molecule has 0 spiro atoms. The maximum absolute atomic E-state index is 12.8. The summed E-state index contributed by atoms with van der Waals surface area (Å²) in [6, 6.07) is 4.98. The molecule has 2 aromatic rings. The van der Waals surface area contributed by atoms with Crippen molar-refractivity contribution >= 4 is 27.2 Å². The van der Waals surface area contributed by atoms with Gasteiger partial charge in [0.15, 0.2) is 9.84 Å². The van der Waals surface area contributed by atoms with Gasteiger partial charge in [-0.3, -0.25) is 4.68 Å². The number of piperazine rings is 1. The van der Waals surface area contributed by atoms with E-state index in [0.717, 1.165) is 17.1 Å². The summed E-state index contributed by atoms with van der Waals surface area (Å²) < 4.78 is 36.3. The van der Waals surface area contributed by atoms with Crippen LogP contribution in [-0.2, 0) is 9.84 Å². The highest BCUT2D eigenvalue weighted by molar-refractivity contribution is 7.91. The van der Waals surface area contributed by atoms with Crippen molar-refractivity contribution < 1.29 is 22.7 Å². The molecule has 2 aliphatic rings. The maximum Gasteiger partial charge on any atom is 0.322 e. The van der Waals surface area contributed by atoms with Gasteiger partial charge in [-0.05, 0) is 32.4 Å². The number of anilines is 2. The van der Waals surface area contributed by atoms with Gasteiger partial charge in [-0.2, -0.15) is 5.10 Å². The van der Waals surface area contributed by atoms with Crippen LogP contribution in [0.25, 0.3) is 0 Å². The van der Waals surface area contributed by atoms with Crippen LogP contribution in [0, 0.1) is 13.8 Å². The van der Waals surface area contributed by atoms with E-state index in [-0.39, 0.29) is 23.6 Å². The molecule has 1 aromatic carbocycles. The number of methoxy groups -OCH3 is 2. The SMILES string of the molecule is COc1ccc(NC(=O)N2CCN(c3c(C)nn(C4CCS(=O)(=O)C4)c3C)CC2)c(OC)c1. The topological polar surface area (TPSA) is 106 Å². The lowest BCUT2D eigenvalue weighted by atomic mass is 10.2. The molecule has 0 bridgehead atoms. The third-order valence-corrected chi connectivity index (χ3v) is 8.12. The average Bonchev–Trinajstić information content (AvgIpc) is 3.31. The third-order valence-electron chi connectivity index (χ3n) is 6.37. The summed E-state index contributed by atoms with van der Waals surface area (Å²) in [5.74, 6) is 1.56. The smallest absolute Gasteiger partial charge is 0.322 e. The zero-order chi connectivity index (χ0) is 23.8. The van der Waals surface area contributed by atoms with E-state index in [2.05, 4.69) is 15.3 Å². The van der Waals surface area contributed by atoms with Crippen molar-refractivity contribution in [1.29, 1.82) is 0 Å². The zero-order valence-corrected chi connectivity index (χ0v) is 20.3. The number of hydrogen-bond donors (Lipinski definition) is 1. The molecule has 0 aliphatic carbocycles. The molecule has 33 heavy (non-hydrogen) atoms. The summed E-state index contributed by atoms with van der Waals surface area (Å²) in [5, 5.41) is 7.59. The van der Waals surface area contributed by atoms with E-state index >= 15 is 0 Å². The number of rotatable bonds is 5. The number of ether oxygens (including phenoxy) is 2. The van der Waals surface area contributed by atoms with Crippen molar-refractivity contribution in [3.63, 3.8) is 0 Å². The second kappa shape index (κ2) is 9.12. The molecule has 2 aliphatic heterocycles. The Kier molecular flexibility index (Phi) is 6.42. The van der Waals surface area contributed by atoms with Gasteiger partial charge in [0, 0.05) is 32.2 Å². The van der Waals surface area contributed by atoms with Gasteiger partial charge in [0.25, 0.3) is 0 Å². The molecule has 0 saturated carbocycles. The number of amides is 2. The second-order valence-corrected chi connectivity index (χ2v) is 10.7. The Morgan fingerprint density at radius 2 is 1.85 bits per heavy atom. The fourth-order valence-electron chi connectivity index (χ4n) is 4.66. The number of aryl methyl sites for hydroxylation is 1. The molecule has 3 heterocycles. The van der Waals surface area contributed by atoms with Gasteiger partial charge in [-0.25, -0.2) is 13.2 Å². The molecular weight excluding hydrogens is 446 g/mol. The van der Waals surface area contributed by atoms with Crippen molar-refractivity contribution in [3.05, 3.63) is 29.6 Å². The largest absolute Gasteiger partial charge is 0.497 e. The molecular formula is C22H31N5O5S. The maximum atomic E-state index is 12.8. The summed E-state index contributed by atoms with van der Waals surface area (Å²) in [5.41, 5.74) is 3.49. The van der Waals surface area contributed by atoms with Gasteiger partial charge in [0.05, 0.1) is 54.5 Å². The molecule has 1 unspecified atom stereocenters. The van der Waals surface area contributed by atoms with Crippen molar-refractivity contribution in [2.75, 3.05) is 62.1 Å². The van der Waals surface area contributed by atoms with Crippen LogP contribution in [0.3, 0.4) is 0 Å². The van der Waals surface area contributed by atoms with Gasteiger partial charge in [0.2, 0.25) is 0 Å². The summed E-state index contributed by atoms with van der Waals surface area (Å²) in [7, 11) is 0.147. The van der Waals surface area contributed by atoms with Gasteiger partial charge in [-0.1, -0.05) is 0 Å². The first kappa shape index (κ1) is 23.2. The Morgan fingerprint density at radius 1 is 1.12 bits per heavy atom. The molecule has 1 aromatic heterocycles. The number of sulfone groups is 1. The van der Waals surface area contributed by atoms with E-state index < -0.39 is 9.84 Å². The Hall–Kier alpha value is -2.95. The Labute approximate surface area is 194 Å². The van der Waals surface area contributed by atoms with Crippen LogP contribution in [0.15, 0.2) is 18.2 Å². The fourth-order valence-corrected chi connectivity index (χ4v) is 6.36. The molecule has 2 amide bonds. The lowest BCUT2D eigenvalue weighted by Crippen LogP contribution is -2.50. The molecule has 4 rings (SSSR count). The van der Waals surface area contributed by atoms with Crippen molar-refractivity contribution in [2.24, 2.45) is 0 Å². The lowest BCUT2D eigenvalue weighted by Gasteiger charge is -2.36. The van der Waals surface area contributed by atoms with Crippen LogP contribution in [0.5, 0.6) is 11.5 Å². The van der Waals surface area contributed by atoms with Crippen molar-refractivity contribution in [1.82, 2.24) is 14.7 Å². The summed E-state index contributed by atoms with van der Waals surface area (Å²) in [6.45, 7) is 6.41. The van der Waals surface area contributed by atoms with Crippen LogP contribution in [0.2, 0.25) is 0 Å². The van der Waals surface area contributed by atoms with Crippen LogP contribution in [0.4, 0.5) is 16.2 Å². The fraction of sp³-hybridized carbons (Fsp3) is 0.545. The molecule has 10 nitrogen and oxygen atoms in total. The first-order valence-electron chi connectivity index (χ1n) is 11.0. The van der Waals surface area contributed by atoms with Gasteiger partial charge >= 0.3 is 6.03 Å². The zero-order valence-electron chi connectivity index (χ0n) is 19.5. The third kappa shape index (κ3) is 4.73. The number of carbonyl (C=O) groups is 1. The van der Waals surface area contributed by atoms with Gasteiger partial charge in [-0.15, -0.1) is 0 Å². The number of urea groups is 1. The number of benzene rings is 1. The predicted molar refractivity (Wildman–Crippen MR) is 126 cm³/mol. The molecule has 180 valence electrons. The number of hydrogen-bond acceptors (Lipinski definition) is 7. The highest BCUT2D eigenvalue weighted by Gasteiger charge is 2.33. The molecule has 1 N–H and O–H groups in total. The highest BCUT2D eigenvalue weighted by Crippen LogP contribution is 2.32. The van der Waals surface area contributed by atoms with E-state index in [1.807, 2.05) is 18.5 Å². The Balaban J connectivity index is 1.41. The van der Waals surface area contributed by atoms with E-state index in [9.17, 15) is 13.2 Å². The number of aromatic nitrogens is 2. The van der Waals surface area contributed by atoms with E-state index in [1.54, 1.807) is 37.3 Å².